The molecule has 0 aliphatic heterocycles. The van der Waals surface area contributed by atoms with E-state index in [0.717, 1.165) is 85.9 Å². The van der Waals surface area contributed by atoms with Crippen LogP contribution in [0.1, 0.15) is 143 Å². The summed E-state index contributed by atoms with van der Waals surface area (Å²) in [5.74, 6) is 6.44. The van der Waals surface area contributed by atoms with Crippen molar-refractivity contribution in [1.29, 1.82) is 0 Å². The first-order chi connectivity index (χ1) is 20.1. The molecular weight excluding hydrogens is 516 g/mol. The summed E-state index contributed by atoms with van der Waals surface area (Å²) in [4.78, 5) is 0. The fourth-order valence-corrected chi connectivity index (χ4v) is 14.5. The van der Waals surface area contributed by atoms with Crippen molar-refractivity contribution in [3.05, 3.63) is 0 Å². The lowest BCUT2D eigenvalue weighted by Gasteiger charge is -2.60. The van der Waals surface area contributed by atoms with Crippen LogP contribution in [0.4, 0.5) is 0 Å². The number of hydrogen-bond donors (Lipinski definition) is 2. The SMILES string of the molecule is C[C@]12CCC(O)CC1CCC1C2CC[C@]2(C)/C(=N\N=C3/CCC4C5CCC6CC(O)CC[C@]6(C)C5CC[C@]34C)CCC12. The van der Waals surface area contributed by atoms with Gasteiger partial charge in [0.25, 0.3) is 0 Å². The van der Waals surface area contributed by atoms with Crippen molar-refractivity contribution >= 4 is 11.4 Å². The number of fused-ring (bicyclic) bond motifs is 10. The fourth-order valence-electron chi connectivity index (χ4n) is 14.5. The van der Waals surface area contributed by atoms with Gasteiger partial charge in [0, 0.05) is 22.3 Å². The molecule has 2 N–H and O–H groups in total. The van der Waals surface area contributed by atoms with Crippen molar-refractivity contribution in [3.63, 3.8) is 0 Å². The Morgan fingerprint density at radius 1 is 0.500 bits per heavy atom. The summed E-state index contributed by atoms with van der Waals surface area (Å²) in [5.41, 5.74) is 4.28. The molecule has 0 radical (unpaired) electrons. The lowest BCUT2D eigenvalue weighted by molar-refractivity contribution is -0.114. The summed E-state index contributed by atoms with van der Waals surface area (Å²) in [6.07, 6.45) is 22.2. The molecular formula is C38H60N2O2. The second kappa shape index (κ2) is 9.88. The van der Waals surface area contributed by atoms with Gasteiger partial charge >= 0.3 is 0 Å². The highest BCUT2D eigenvalue weighted by atomic mass is 16.3. The third-order valence-electron chi connectivity index (χ3n) is 17.0. The number of aliphatic hydroxyl groups is 2. The van der Waals surface area contributed by atoms with Gasteiger partial charge in [-0.2, -0.15) is 10.2 Å². The van der Waals surface area contributed by atoms with E-state index in [-0.39, 0.29) is 23.0 Å². The molecule has 4 nitrogen and oxygen atoms in total. The first kappa shape index (κ1) is 28.7. The molecule has 0 amide bonds. The van der Waals surface area contributed by atoms with E-state index in [2.05, 4.69) is 27.7 Å². The van der Waals surface area contributed by atoms with E-state index >= 15 is 0 Å². The van der Waals surface area contributed by atoms with Crippen LogP contribution in [-0.4, -0.2) is 33.8 Å². The second-order valence-electron chi connectivity index (χ2n) is 18.3. The average Bonchev–Trinajstić information content (AvgIpc) is 3.48. The van der Waals surface area contributed by atoms with Crippen LogP contribution in [0.5, 0.6) is 0 Å². The summed E-state index contributed by atoms with van der Waals surface area (Å²) in [6.45, 7) is 10.4. The topological polar surface area (TPSA) is 65.2 Å². The third kappa shape index (κ3) is 3.97. The molecule has 8 fully saturated rings. The van der Waals surface area contributed by atoms with Crippen molar-refractivity contribution in [2.45, 2.75) is 155 Å². The number of hydrogen-bond acceptors (Lipinski definition) is 4. The summed E-state index contributed by atoms with van der Waals surface area (Å²) in [7, 11) is 0. The van der Waals surface area contributed by atoms with Gasteiger partial charge in [-0.3, -0.25) is 0 Å². The van der Waals surface area contributed by atoms with Crippen LogP contribution in [0.2, 0.25) is 0 Å². The van der Waals surface area contributed by atoms with Gasteiger partial charge < -0.3 is 10.2 Å². The van der Waals surface area contributed by atoms with Crippen molar-refractivity contribution in [3.8, 4) is 0 Å². The van der Waals surface area contributed by atoms with Crippen LogP contribution in [-0.2, 0) is 0 Å². The molecule has 0 bridgehead atoms. The molecule has 0 aromatic rings. The maximum atomic E-state index is 10.4. The second-order valence-corrected chi connectivity index (χ2v) is 18.3. The molecule has 8 saturated carbocycles. The Morgan fingerprint density at radius 2 is 0.929 bits per heavy atom. The summed E-state index contributed by atoms with van der Waals surface area (Å²) < 4.78 is 0. The standard InChI is InChI=1S/C38H60N2O2/c1-35-17-13-25(41)21-23(35)5-7-27-29-9-11-33(37(29,3)19-15-31(27)35)39-40-34-12-10-30-28-8-6-24-22-26(42)14-18-36(24,2)32(28)16-20-38(30,34)4/h23-32,41-42H,5-22H2,1-4H3/b39-33-,40-34+/t23?,24?,25?,26?,27?,28?,29?,30?,31?,32?,35-,36-,37-,38-/m0/s1. The molecule has 8 aliphatic rings. The van der Waals surface area contributed by atoms with Gasteiger partial charge in [0.15, 0.2) is 0 Å². The fraction of sp³-hybridized carbons (Fsp3) is 0.947. The minimum absolute atomic E-state index is 0.0516. The Labute approximate surface area is 256 Å². The van der Waals surface area contributed by atoms with E-state index in [4.69, 9.17) is 10.2 Å². The van der Waals surface area contributed by atoms with Gasteiger partial charge in [0.2, 0.25) is 0 Å². The number of rotatable bonds is 1. The molecule has 42 heavy (non-hydrogen) atoms. The van der Waals surface area contributed by atoms with E-state index in [1.165, 1.54) is 88.5 Å². The molecule has 0 aromatic heterocycles. The van der Waals surface area contributed by atoms with Gasteiger partial charge in [-0.25, -0.2) is 0 Å². The zero-order valence-corrected chi connectivity index (χ0v) is 27.3. The van der Waals surface area contributed by atoms with Crippen LogP contribution in [0.3, 0.4) is 0 Å². The van der Waals surface area contributed by atoms with Crippen LogP contribution in [0.25, 0.3) is 0 Å². The van der Waals surface area contributed by atoms with Crippen LogP contribution in [0, 0.1) is 69.0 Å². The van der Waals surface area contributed by atoms with Gasteiger partial charge in [-0.15, -0.1) is 0 Å². The Bertz CT molecular complexity index is 1060. The monoisotopic (exact) mass is 576 g/mol. The van der Waals surface area contributed by atoms with E-state index in [1.54, 1.807) is 0 Å². The van der Waals surface area contributed by atoms with Crippen molar-refractivity contribution in [1.82, 2.24) is 0 Å². The Morgan fingerprint density at radius 3 is 1.36 bits per heavy atom. The van der Waals surface area contributed by atoms with Gasteiger partial charge in [-0.05, 0) is 174 Å². The van der Waals surface area contributed by atoms with Crippen molar-refractivity contribution in [2.75, 3.05) is 0 Å². The lowest BCUT2D eigenvalue weighted by Crippen LogP contribution is -2.54. The summed E-state index contributed by atoms with van der Waals surface area (Å²) >= 11 is 0. The molecule has 14 atom stereocenters. The number of aliphatic hydroxyl groups excluding tert-OH is 2. The lowest BCUT2D eigenvalue weighted by atomic mass is 9.45. The molecule has 0 spiro atoms. The third-order valence-corrected chi connectivity index (χ3v) is 17.0. The highest BCUT2D eigenvalue weighted by Gasteiger charge is 2.61. The zero-order chi connectivity index (χ0) is 29.1. The van der Waals surface area contributed by atoms with Crippen LogP contribution < -0.4 is 0 Å². The largest absolute Gasteiger partial charge is 0.393 e. The van der Waals surface area contributed by atoms with E-state index in [9.17, 15) is 10.2 Å². The first-order valence-corrected chi connectivity index (χ1v) is 18.6. The minimum Gasteiger partial charge on any atom is -0.393 e. The van der Waals surface area contributed by atoms with Gasteiger partial charge in [-0.1, -0.05) is 27.7 Å². The molecule has 8 aliphatic carbocycles. The predicted octanol–water partition coefficient (Wildman–Crippen LogP) is 8.59. The highest BCUT2D eigenvalue weighted by molar-refractivity contribution is 5.95. The smallest absolute Gasteiger partial charge is 0.0543 e. The van der Waals surface area contributed by atoms with Gasteiger partial charge in [0.1, 0.15) is 0 Å². The Balaban J connectivity index is 1.00. The molecule has 0 saturated heterocycles. The molecule has 10 unspecified atom stereocenters. The highest BCUT2D eigenvalue weighted by Crippen LogP contribution is 2.67. The Hall–Kier alpha value is -0.740. The minimum atomic E-state index is -0.0516. The van der Waals surface area contributed by atoms with Crippen molar-refractivity contribution in [2.24, 2.45) is 79.2 Å². The van der Waals surface area contributed by atoms with E-state index in [0.29, 0.717) is 10.8 Å². The molecule has 234 valence electrons. The molecule has 0 aromatic carbocycles. The maximum Gasteiger partial charge on any atom is 0.0543 e. The molecule has 4 heteroatoms. The maximum absolute atomic E-state index is 10.4. The summed E-state index contributed by atoms with van der Waals surface area (Å²) in [6, 6.07) is 0. The molecule has 0 heterocycles. The Kier molecular flexibility index (Phi) is 6.75. The zero-order valence-electron chi connectivity index (χ0n) is 27.3. The molecule has 8 rings (SSSR count). The normalized spacial score (nSPS) is 58.9. The van der Waals surface area contributed by atoms with Gasteiger partial charge in [0.05, 0.1) is 12.2 Å². The van der Waals surface area contributed by atoms with Crippen LogP contribution in [0.15, 0.2) is 10.2 Å². The van der Waals surface area contributed by atoms with E-state index in [1.807, 2.05) is 0 Å². The first-order valence-electron chi connectivity index (χ1n) is 18.6. The predicted molar refractivity (Wildman–Crippen MR) is 170 cm³/mol. The average molecular weight is 577 g/mol. The summed E-state index contributed by atoms with van der Waals surface area (Å²) in [5, 5.41) is 31.4. The van der Waals surface area contributed by atoms with Crippen molar-refractivity contribution < 1.29 is 10.2 Å². The number of nitrogens with zero attached hydrogens (tertiary/aromatic N) is 2. The van der Waals surface area contributed by atoms with Crippen LogP contribution >= 0.6 is 0 Å². The van der Waals surface area contributed by atoms with E-state index < -0.39 is 0 Å². The quantitative estimate of drug-likeness (QED) is 0.307.